The Balaban J connectivity index is 1.93. The molecule has 1 aromatic heterocycles. The van der Waals surface area contributed by atoms with Gasteiger partial charge in [0.15, 0.2) is 0 Å². The van der Waals surface area contributed by atoms with Crippen molar-refractivity contribution in [1.82, 2.24) is 15.2 Å². The predicted molar refractivity (Wildman–Crippen MR) is 85.5 cm³/mol. The minimum atomic E-state index is -0.118. The molecule has 1 fully saturated rings. The fourth-order valence-electron chi connectivity index (χ4n) is 2.62. The van der Waals surface area contributed by atoms with E-state index in [0.29, 0.717) is 5.56 Å². The SMILES string of the molecule is CCCNC(=O)C(C)N1CCN(c2ncccc2C#N)CC1. The summed E-state index contributed by atoms with van der Waals surface area (Å²) in [5, 5.41) is 12.1. The fraction of sp³-hybridized carbons (Fsp3) is 0.562. The van der Waals surface area contributed by atoms with Gasteiger partial charge in [-0.3, -0.25) is 9.69 Å². The van der Waals surface area contributed by atoms with Gasteiger partial charge in [-0.05, 0) is 25.5 Å². The van der Waals surface area contributed by atoms with Crippen LogP contribution < -0.4 is 10.2 Å². The number of nitrogens with zero attached hydrogens (tertiary/aromatic N) is 4. The number of aromatic nitrogens is 1. The van der Waals surface area contributed by atoms with Crippen molar-refractivity contribution >= 4 is 11.7 Å². The van der Waals surface area contributed by atoms with E-state index in [1.54, 1.807) is 18.3 Å². The van der Waals surface area contributed by atoms with Crippen LogP contribution in [-0.4, -0.2) is 54.6 Å². The van der Waals surface area contributed by atoms with Gasteiger partial charge in [0.2, 0.25) is 5.91 Å². The zero-order chi connectivity index (χ0) is 15.9. The molecule has 2 heterocycles. The molecule has 22 heavy (non-hydrogen) atoms. The number of piperazine rings is 1. The van der Waals surface area contributed by atoms with Gasteiger partial charge >= 0.3 is 0 Å². The molecule has 0 radical (unpaired) electrons. The quantitative estimate of drug-likeness (QED) is 0.878. The van der Waals surface area contributed by atoms with Crippen LogP contribution in [-0.2, 0) is 4.79 Å². The molecule has 6 heteroatoms. The fourth-order valence-corrected chi connectivity index (χ4v) is 2.62. The highest BCUT2D eigenvalue weighted by Crippen LogP contribution is 2.18. The van der Waals surface area contributed by atoms with Gasteiger partial charge in [-0.1, -0.05) is 6.92 Å². The first kappa shape index (κ1) is 16.2. The van der Waals surface area contributed by atoms with E-state index in [1.807, 2.05) is 13.8 Å². The van der Waals surface area contributed by atoms with Gasteiger partial charge in [0.05, 0.1) is 11.6 Å². The standard InChI is InChI=1S/C16H23N5O/c1-3-6-19-16(22)13(2)20-8-10-21(11-9-20)15-14(12-17)5-4-7-18-15/h4-5,7,13H,3,6,8-11H2,1-2H3,(H,19,22). The molecule has 1 atom stereocenters. The van der Waals surface area contributed by atoms with Crippen molar-refractivity contribution in [2.24, 2.45) is 0 Å². The van der Waals surface area contributed by atoms with E-state index in [-0.39, 0.29) is 11.9 Å². The van der Waals surface area contributed by atoms with Crippen molar-refractivity contribution in [3.05, 3.63) is 23.9 Å². The van der Waals surface area contributed by atoms with Crippen LogP contribution in [0.5, 0.6) is 0 Å². The number of hydrogen-bond donors (Lipinski definition) is 1. The van der Waals surface area contributed by atoms with E-state index in [4.69, 9.17) is 5.26 Å². The van der Waals surface area contributed by atoms with Crippen LogP contribution >= 0.6 is 0 Å². The Morgan fingerprint density at radius 3 is 2.82 bits per heavy atom. The van der Waals surface area contributed by atoms with Crippen molar-refractivity contribution in [2.45, 2.75) is 26.3 Å². The number of carbonyl (C=O) groups is 1. The normalized spacial score (nSPS) is 16.9. The zero-order valence-corrected chi connectivity index (χ0v) is 13.2. The highest BCUT2D eigenvalue weighted by Gasteiger charge is 2.26. The average Bonchev–Trinajstić information content (AvgIpc) is 2.59. The predicted octanol–water partition coefficient (Wildman–Crippen LogP) is 0.990. The maximum atomic E-state index is 12.0. The molecule has 0 aromatic carbocycles. The Labute approximate surface area is 131 Å². The summed E-state index contributed by atoms with van der Waals surface area (Å²) >= 11 is 0. The molecule has 118 valence electrons. The van der Waals surface area contributed by atoms with Gasteiger partial charge < -0.3 is 10.2 Å². The maximum Gasteiger partial charge on any atom is 0.237 e. The van der Waals surface area contributed by atoms with E-state index in [9.17, 15) is 4.79 Å². The third-order valence-electron chi connectivity index (χ3n) is 4.00. The van der Waals surface area contributed by atoms with E-state index in [1.165, 1.54) is 0 Å². The molecule has 0 aliphatic carbocycles. The van der Waals surface area contributed by atoms with Crippen LogP contribution in [0.3, 0.4) is 0 Å². The average molecular weight is 301 g/mol. The lowest BCUT2D eigenvalue weighted by molar-refractivity contribution is -0.126. The lowest BCUT2D eigenvalue weighted by Gasteiger charge is -2.38. The summed E-state index contributed by atoms with van der Waals surface area (Å²) < 4.78 is 0. The number of amides is 1. The maximum absolute atomic E-state index is 12.0. The van der Waals surface area contributed by atoms with Crippen LogP contribution in [0, 0.1) is 11.3 Å². The van der Waals surface area contributed by atoms with Crippen LogP contribution in [0.25, 0.3) is 0 Å². The number of anilines is 1. The molecular formula is C16H23N5O. The molecule has 1 N–H and O–H groups in total. The second kappa shape index (κ2) is 7.76. The Bertz CT molecular complexity index is 546. The summed E-state index contributed by atoms with van der Waals surface area (Å²) in [6.45, 7) is 7.85. The van der Waals surface area contributed by atoms with E-state index in [0.717, 1.165) is 45.0 Å². The van der Waals surface area contributed by atoms with Gasteiger partial charge in [0, 0.05) is 38.9 Å². The molecule has 0 bridgehead atoms. The first-order valence-electron chi connectivity index (χ1n) is 7.79. The molecule has 1 aliphatic heterocycles. The van der Waals surface area contributed by atoms with Crippen molar-refractivity contribution < 1.29 is 4.79 Å². The molecule has 1 aromatic rings. The topological polar surface area (TPSA) is 72.3 Å². The lowest BCUT2D eigenvalue weighted by Crippen LogP contribution is -2.54. The largest absolute Gasteiger partial charge is 0.355 e. The zero-order valence-electron chi connectivity index (χ0n) is 13.2. The number of rotatable bonds is 5. The first-order chi connectivity index (χ1) is 10.7. The minimum absolute atomic E-state index is 0.0888. The van der Waals surface area contributed by atoms with E-state index >= 15 is 0 Å². The smallest absolute Gasteiger partial charge is 0.237 e. The molecule has 1 amide bonds. The van der Waals surface area contributed by atoms with Gasteiger partial charge in [0.25, 0.3) is 0 Å². The van der Waals surface area contributed by atoms with Gasteiger partial charge in [-0.25, -0.2) is 4.98 Å². The van der Waals surface area contributed by atoms with Crippen LogP contribution in [0.15, 0.2) is 18.3 Å². The minimum Gasteiger partial charge on any atom is -0.355 e. The van der Waals surface area contributed by atoms with Gasteiger partial charge in [0.1, 0.15) is 11.9 Å². The summed E-state index contributed by atoms with van der Waals surface area (Å²) in [6.07, 6.45) is 2.66. The summed E-state index contributed by atoms with van der Waals surface area (Å²) in [4.78, 5) is 20.6. The van der Waals surface area contributed by atoms with Crippen molar-refractivity contribution in [2.75, 3.05) is 37.6 Å². The van der Waals surface area contributed by atoms with Crippen LogP contribution in [0.4, 0.5) is 5.82 Å². The second-order valence-corrected chi connectivity index (χ2v) is 5.48. The van der Waals surface area contributed by atoms with Crippen molar-refractivity contribution in [3.8, 4) is 6.07 Å². The van der Waals surface area contributed by atoms with Crippen LogP contribution in [0.2, 0.25) is 0 Å². The van der Waals surface area contributed by atoms with E-state index in [2.05, 4.69) is 26.2 Å². The van der Waals surface area contributed by atoms with E-state index < -0.39 is 0 Å². The van der Waals surface area contributed by atoms with Crippen LogP contribution in [0.1, 0.15) is 25.8 Å². The number of pyridine rings is 1. The van der Waals surface area contributed by atoms with Crippen molar-refractivity contribution in [3.63, 3.8) is 0 Å². The van der Waals surface area contributed by atoms with Crippen molar-refractivity contribution in [1.29, 1.82) is 5.26 Å². The Morgan fingerprint density at radius 1 is 1.45 bits per heavy atom. The van der Waals surface area contributed by atoms with Gasteiger partial charge in [-0.15, -0.1) is 0 Å². The second-order valence-electron chi connectivity index (χ2n) is 5.48. The molecule has 2 rings (SSSR count). The highest BCUT2D eigenvalue weighted by atomic mass is 16.2. The molecule has 6 nitrogen and oxygen atoms in total. The summed E-state index contributed by atoms with van der Waals surface area (Å²) in [5.41, 5.74) is 0.602. The number of nitrogens with one attached hydrogen (secondary N) is 1. The molecule has 0 spiro atoms. The third-order valence-corrected chi connectivity index (χ3v) is 4.00. The summed E-state index contributed by atoms with van der Waals surface area (Å²) in [7, 11) is 0. The number of carbonyl (C=O) groups excluding carboxylic acids is 1. The summed E-state index contributed by atoms with van der Waals surface area (Å²) in [6, 6.07) is 5.63. The molecular weight excluding hydrogens is 278 g/mol. The molecule has 1 saturated heterocycles. The summed E-state index contributed by atoms with van der Waals surface area (Å²) in [5.74, 6) is 0.832. The first-order valence-corrected chi connectivity index (χ1v) is 7.79. The number of nitriles is 1. The van der Waals surface area contributed by atoms with Gasteiger partial charge in [-0.2, -0.15) is 5.26 Å². The number of hydrogen-bond acceptors (Lipinski definition) is 5. The molecule has 1 aliphatic rings. The highest BCUT2D eigenvalue weighted by molar-refractivity contribution is 5.81. The third kappa shape index (κ3) is 3.74. The lowest BCUT2D eigenvalue weighted by atomic mass is 10.2. The Hall–Kier alpha value is -2.13. The Kier molecular flexibility index (Phi) is 5.73. The molecule has 0 saturated carbocycles. The monoisotopic (exact) mass is 301 g/mol. The molecule has 1 unspecified atom stereocenters. The Morgan fingerprint density at radius 2 is 2.18 bits per heavy atom.